The first-order valence-corrected chi connectivity index (χ1v) is 10.4. The summed E-state index contributed by atoms with van der Waals surface area (Å²) in [5, 5.41) is 9.28. The Morgan fingerprint density at radius 3 is 1.27 bits per heavy atom. The minimum Gasteiger partial charge on any atom is -0.396 e. The molecule has 1 nitrogen and oxygen atoms in total. The van der Waals surface area contributed by atoms with Crippen LogP contribution in [-0.2, 0) is 0 Å². The van der Waals surface area contributed by atoms with Gasteiger partial charge >= 0.3 is 0 Å². The van der Waals surface area contributed by atoms with Crippen LogP contribution in [-0.4, -0.2) is 11.7 Å². The fourth-order valence-corrected chi connectivity index (χ4v) is 4.04. The summed E-state index contributed by atoms with van der Waals surface area (Å²) in [6, 6.07) is 0. The molecule has 2 saturated carbocycles. The largest absolute Gasteiger partial charge is 0.396 e. The molecule has 2 fully saturated rings. The van der Waals surface area contributed by atoms with E-state index in [9.17, 15) is 5.11 Å². The first kappa shape index (κ1) is 18.3. The van der Waals surface area contributed by atoms with Crippen molar-refractivity contribution in [2.45, 2.75) is 116 Å². The number of unbranched alkanes of at least 4 members (excludes halogenated alkanes) is 9. The highest BCUT2D eigenvalue weighted by Crippen LogP contribution is 2.52. The number of rotatable bonds is 15. The Kier molecular flexibility index (Phi) is 7.74. The van der Waals surface area contributed by atoms with Crippen LogP contribution in [0.4, 0.5) is 0 Å². The van der Waals surface area contributed by atoms with Gasteiger partial charge in [-0.2, -0.15) is 0 Å². The molecule has 0 heterocycles. The summed E-state index contributed by atoms with van der Waals surface area (Å²) < 4.78 is 0. The van der Waals surface area contributed by atoms with Gasteiger partial charge in [-0.15, -0.1) is 0 Å². The zero-order valence-corrected chi connectivity index (χ0v) is 15.2. The molecule has 0 aromatic rings. The third-order valence-electron chi connectivity index (χ3n) is 6.66. The standard InChI is InChI=1S/C21H40O/c1-2-20(15-16-20)13-11-9-7-5-3-4-6-8-10-12-14-21(19-22)17-18-21/h22H,2-19H2,1H3. The summed E-state index contributed by atoms with van der Waals surface area (Å²) >= 11 is 0. The highest BCUT2D eigenvalue weighted by Gasteiger charge is 2.41. The average molecular weight is 309 g/mol. The first-order valence-electron chi connectivity index (χ1n) is 10.4. The smallest absolute Gasteiger partial charge is 0.0487 e. The van der Waals surface area contributed by atoms with Gasteiger partial charge in [-0.3, -0.25) is 0 Å². The summed E-state index contributed by atoms with van der Waals surface area (Å²) in [5.74, 6) is 0. The average Bonchev–Trinajstić information content (AvgIpc) is 3.45. The maximum atomic E-state index is 9.28. The van der Waals surface area contributed by atoms with Crippen molar-refractivity contribution in [1.82, 2.24) is 0 Å². The van der Waals surface area contributed by atoms with Crippen LogP contribution in [0.2, 0.25) is 0 Å². The van der Waals surface area contributed by atoms with Gasteiger partial charge in [0, 0.05) is 6.61 Å². The van der Waals surface area contributed by atoms with Crippen LogP contribution in [0.5, 0.6) is 0 Å². The van der Waals surface area contributed by atoms with Gasteiger partial charge in [0.1, 0.15) is 0 Å². The molecule has 0 aromatic carbocycles. The molecule has 0 aromatic heterocycles. The van der Waals surface area contributed by atoms with Crippen molar-refractivity contribution in [3.63, 3.8) is 0 Å². The fraction of sp³-hybridized carbons (Fsp3) is 1.00. The maximum Gasteiger partial charge on any atom is 0.0487 e. The van der Waals surface area contributed by atoms with Crippen molar-refractivity contribution in [2.24, 2.45) is 10.8 Å². The minimum atomic E-state index is 0.386. The molecule has 0 atom stereocenters. The van der Waals surface area contributed by atoms with E-state index in [1.807, 2.05) is 0 Å². The van der Waals surface area contributed by atoms with Crippen LogP contribution in [0, 0.1) is 10.8 Å². The van der Waals surface area contributed by atoms with Crippen LogP contribution in [0.3, 0.4) is 0 Å². The number of hydrogen-bond donors (Lipinski definition) is 1. The van der Waals surface area contributed by atoms with Crippen molar-refractivity contribution in [2.75, 3.05) is 6.61 Å². The summed E-state index contributed by atoms with van der Waals surface area (Å²) in [6.45, 7) is 2.81. The second-order valence-corrected chi connectivity index (χ2v) is 8.55. The number of aliphatic hydroxyl groups excluding tert-OH is 1. The second-order valence-electron chi connectivity index (χ2n) is 8.55. The van der Waals surface area contributed by atoms with Crippen molar-refractivity contribution in [3.8, 4) is 0 Å². The molecular weight excluding hydrogens is 268 g/mol. The van der Waals surface area contributed by atoms with E-state index in [1.165, 1.54) is 109 Å². The van der Waals surface area contributed by atoms with Gasteiger partial charge in [-0.25, -0.2) is 0 Å². The molecule has 0 aliphatic heterocycles. The van der Waals surface area contributed by atoms with Gasteiger partial charge in [0.25, 0.3) is 0 Å². The monoisotopic (exact) mass is 308 g/mol. The lowest BCUT2D eigenvalue weighted by Gasteiger charge is -2.11. The molecule has 0 saturated heterocycles. The molecule has 2 aliphatic carbocycles. The quantitative estimate of drug-likeness (QED) is 0.337. The molecule has 0 spiro atoms. The normalized spacial score (nSPS) is 21.0. The predicted octanol–water partition coefficient (Wildman–Crippen LogP) is 6.63. The molecule has 130 valence electrons. The molecule has 0 amide bonds. The van der Waals surface area contributed by atoms with Gasteiger partial charge in [0.2, 0.25) is 0 Å². The van der Waals surface area contributed by atoms with Gasteiger partial charge in [0.05, 0.1) is 0 Å². The lowest BCUT2D eigenvalue weighted by atomic mass is 9.95. The van der Waals surface area contributed by atoms with Crippen molar-refractivity contribution in [1.29, 1.82) is 0 Å². The molecule has 0 bridgehead atoms. The van der Waals surface area contributed by atoms with E-state index in [2.05, 4.69) is 6.92 Å². The van der Waals surface area contributed by atoms with Crippen molar-refractivity contribution >= 4 is 0 Å². The summed E-state index contributed by atoms with van der Waals surface area (Å²) in [4.78, 5) is 0. The van der Waals surface area contributed by atoms with Gasteiger partial charge in [0.15, 0.2) is 0 Å². The SMILES string of the molecule is CCC1(CCCCCCCCCCCCC2(CO)CC2)CC1. The van der Waals surface area contributed by atoms with E-state index in [-0.39, 0.29) is 0 Å². The van der Waals surface area contributed by atoms with Crippen LogP contribution in [0.1, 0.15) is 116 Å². The molecule has 2 rings (SSSR count). The molecule has 22 heavy (non-hydrogen) atoms. The Morgan fingerprint density at radius 1 is 0.591 bits per heavy atom. The van der Waals surface area contributed by atoms with E-state index in [1.54, 1.807) is 0 Å². The van der Waals surface area contributed by atoms with Gasteiger partial charge in [-0.1, -0.05) is 77.6 Å². The molecule has 2 aliphatic rings. The van der Waals surface area contributed by atoms with Crippen LogP contribution < -0.4 is 0 Å². The maximum absolute atomic E-state index is 9.28. The van der Waals surface area contributed by atoms with Crippen molar-refractivity contribution in [3.05, 3.63) is 0 Å². The fourth-order valence-electron chi connectivity index (χ4n) is 4.04. The molecule has 1 N–H and O–H groups in total. The van der Waals surface area contributed by atoms with E-state index >= 15 is 0 Å². The minimum absolute atomic E-state index is 0.386. The Bertz CT molecular complexity index is 258. The van der Waals surface area contributed by atoms with E-state index in [4.69, 9.17) is 0 Å². The van der Waals surface area contributed by atoms with Crippen LogP contribution in [0.25, 0.3) is 0 Å². The van der Waals surface area contributed by atoms with Gasteiger partial charge in [-0.05, 0) is 49.4 Å². The Balaban J connectivity index is 1.26. The summed E-state index contributed by atoms with van der Waals surface area (Å²) in [6.07, 6.45) is 24.2. The molecule has 1 heteroatoms. The third-order valence-corrected chi connectivity index (χ3v) is 6.66. The zero-order valence-electron chi connectivity index (χ0n) is 15.2. The predicted molar refractivity (Wildman–Crippen MR) is 96.1 cm³/mol. The lowest BCUT2D eigenvalue weighted by molar-refractivity contribution is 0.200. The summed E-state index contributed by atoms with van der Waals surface area (Å²) in [7, 11) is 0. The Labute approximate surface area is 139 Å². The molecular formula is C21H40O. The van der Waals surface area contributed by atoms with E-state index in [0.717, 1.165) is 5.41 Å². The Morgan fingerprint density at radius 2 is 0.955 bits per heavy atom. The number of aliphatic hydroxyl groups is 1. The highest BCUT2D eigenvalue weighted by molar-refractivity contribution is 4.92. The molecule has 0 unspecified atom stereocenters. The van der Waals surface area contributed by atoms with E-state index in [0.29, 0.717) is 12.0 Å². The second kappa shape index (κ2) is 9.30. The first-order chi connectivity index (χ1) is 10.7. The van der Waals surface area contributed by atoms with Crippen molar-refractivity contribution < 1.29 is 5.11 Å². The van der Waals surface area contributed by atoms with Gasteiger partial charge < -0.3 is 5.11 Å². The third kappa shape index (κ3) is 6.60. The van der Waals surface area contributed by atoms with E-state index < -0.39 is 0 Å². The van der Waals surface area contributed by atoms with Crippen LogP contribution >= 0.6 is 0 Å². The highest BCUT2D eigenvalue weighted by atomic mass is 16.3. The lowest BCUT2D eigenvalue weighted by Crippen LogP contribution is -2.05. The number of hydrogen-bond acceptors (Lipinski definition) is 1. The molecule has 0 radical (unpaired) electrons. The Hall–Kier alpha value is -0.0400. The summed E-state index contributed by atoms with van der Waals surface area (Å²) in [5.41, 5.74) is 1.20. The zero-order chi connectivity index (χ0) is 15.7. The van der Waals surface area contributed by atoms with Crippen LogP contribution in [0.15, 0.2) is 0 Å². The topological polar surface area (TPSA) is 20.2 Å².